The summed E-state index contributed by atoms with van der Waals surface area (Å²) in [5.74, 6) is -0.110. The first-order valence-corrected chi connectivity index (χ1v) is 6.31. The van der Waals surface area contributed by atoms with E-state index in [4.69, 9.17) is 0 Å². The molecule has 1 aliphatic rings. The van der Waals surface area contributed by atoms with E-state index in [-0.39, 0.29) is 23.5 Å². The van der Waals surface area contributed by atoms with Gasteiger partial charge in [0, 0.05) is 38.9 Å². The van der Waals surface area contributed by atoms with Crippen molar-refractivity contribution in [3.63, 3.8) is 0 Å². The molecule has 19 heavy (non-hydrogen) atoms. The first-order valence-electron chi connectivity index (χ1n) is 6.31. The first kappa shape index (κ1) is 13.5. The Morgan fingerprint density at radius 3 is 2.74 bits per heavy atom. The molecule has 0 bridgehead atoms. The molecule has 0 aliphatic carbocycles. The van der Waals surface area contributed by atoms with Crippen LogP contribution >= 0.6 is 0 Å². The lowest BCUT2D eigenvalue weighted by Gasteiger charge is -2.16. The van der Waals surface area contributed by atoms with E-state index in [2.05, 4.69) is 5.32 Å². The van der Waals surface area contributed by atoms with Crippen LogP contribution in [0.2, 0.25) is 0 Å². The van der Waals surface area contributed by atoms with Crippen LogP contribution < -0.4 is 5.32 Å². The number of rotatable bonds is 4. The average molecular weight is 264 g/mol. The maximum absolute atomic E-state index is 12.8. The van der Waals surface area contributed by atoms with E-state index in [1.807, 2.05) is 0 Å². The third kappa shape index (κ3) is 3.77. The van der Waals surface area contributed by atoms with Crippen molar-refractivity contribution in [3.05, 3.63) is 35.6 Å². The highest BCUT2D eigenvalue weighted by Gasteiger charge is 2.29. The molecule has 2 rings (SSSR count). The zero-order chi connectivity index (χ0) is 13.8. The molecule has 1 saturated heterocycles. The number of nitrogens with zero attached hydrogens (tertiary/aromatic N) is 1. The predicted molar refractivity (Wildman–Crippen MR) is 68.6 cm³/mol. The van der Waals surface area contributed by atoms with Gasteiger partial charge in [-0.3, -0.25) is 9.59 Å². The zero-order valence-electron chi connectivity index (χ0n) is 10.9. The number of carbonyl (C=O) groups is 2. The van der Waals surface area contributed by atoms with Crippen LogP contribution in [0.4, 0.5) is 4.39 Å². The maximum atomic E-state index is 12.8. The van der Waals surface area contributed by atoms with E-state index < -0.39 is 0 Å². The summed E-state index contributed by atoms with van der Waals surface area (Å²) in [5, 5.41) is 2.73. The van der Waals surface area contributed by atoms with Crippen LogP contribution in [0.15, 0.2) is 24.3 Å². The second-order valence-corrected chi connectivity index (χ2v) is 4.91. The number of amides is 2. The highest BCUT2D eigenvalue weighted by Crippen LogP contribution is 2.19. The highest BCUT2D eigenvalue weighted by atomic mass is 19.1. The Morgan fingerprint density at radius 2 is 2.11 bits per heavy atom. The van der Waals surface area contributed by atoms with Gasteiger partial charge in [-0.15, -0.1) is 0 Å². The molecule has 1 aromatic rings. The fourth-order valence-electron chi connectivity index (χ4n) is 2.24. The smallest absolute Gasteiger partial charge is 0.223 e. The van der Waals surface area contributed by atoms with Crippen LogP contribution in [-0.2, 0) is 16.1 Å². The van der Waals surface area contributed by atoms with Crippen molar-refractivity contribution in [1.82, 2.24) is 10.2 Å². The molecule has 4 nitrogen and oxygen atoms in total. The minimum absolute atomic E-state index is 0.0792. The molecule has 5 heteroatoms. The van der Waals surface area contributed by atoms with Gasteiger partial charge in [-0.2, -0.15) is 0 Å². The quantitative estimate of drug-likeness (QED) is 0.891. The molecule has 0 saturated carbocycles. The molecule has 2 amide bonds. The number of benzene rings is 1. The Kier molecular flexibility index (Phi) is 4.14. The Morgan fingerprint density at radius 1 is 1.42 bits per heavy atom. The van der Waals surface area contributed by atoms with Gasteiger partial charge in [-0.05, 0) is 17.7 Å². The molecule has 1 aromatic carbocycles. The van der Waals surface area contributed by atoms with Gasteiger partial charge in [-0.1, -0.05) is 12.1 Å². The van der Waals surface area contributed by atoms with Crippen LogP contribution in [0.5, 0.6) is 0 Å². The number of likely N-dealkylation sites (tertiary alicyclic amines) is 1. The van der Waals surface area contributed by atoms with Gasteiger partial charge in [0.1, 0.15) is 5.82 Å². The summed E-state index contributed by atoms with van der Waals surface area (Å²) >= 11 is 0. The molecule has 1 unspecified atom stereocenters. The number of carbonyl (C=O) groups excluding carboxylic acids is 2. The minimum Gasteiger partial charge on any atom is -0.356 e. The predicted octanol–water partition coefficient (Wildman–Crippen LogP) is 1.31. The Balaban J connectivity index is 1.89. The lowest BCUT2D eigenvalue weighted by atomic mass is 10.1. The van der Waals surface area contributed by atoms with E-state index >= 15 is 0 Å². The van der Waals surface area contributed by atoms with Gasteiger partial charge in [0.15, 0.2) is 0 Å². The Hall–Kier alpha value is -1.91. The van der Waals surface area contributed by atoms with Crippen molar-refractivity contribution in [2.45, 2.75) is 19.9 Å². The topological polar surface area (TPSA) is 49.4 Å². The number of halogens is 1. The Bertz CT molecular complexity index is 473. The van der Waals surface area contributed by atoms with Gasteiger partial charge in [0.25, 0.3) is 0 Å². The van der Waals surface area contributed by atoms with Crippen LogP contribution in [0.25, 0.3) is 0 Å². The molecule has 1 fully saturated rings. The van der Waals surface area contributed by atoms with E-state index in [9.17, 15) is 14.0 Å². The standard InChI is InChI=1S/C14H17FN2O2/c1-10(18)16-7-12-6-14(19)17(9-12)8-11-2-4-13(15)5-3-11/h2-5,12H,6-9H2,1H3,(H,16,18). The fraction of sp³-hybridized carbons (Fsp3) is 0.429. The summed E-state index contributed by atoms with van der Waals surface area (Å²) in [6, 6.07) is 6.16. The van der Waals surface area contributed by atoms with Crippen molar-refractivity contribution in [1.29, 1.82) is 0 Å². The third-order valence-electron chi connectivity index (χ3n) is 3.22. The molecular weight excluding hydrogens is 247 g/mol. The largest absolute Gasteiger partial charge is 0.356 e. The second kappa shape index (κ2) is 5.82. The summed E-state index contributed by atoms with van der Waals surface area (Å²) in [4.78, 5) is 24.4. The third-order valence-corrected chi connectivity index (χ3v) is 3.22. The molecule has 0 radical (unpaired) electrons. The number of hydrogen-bond acceptors (Lipinski definition) is 2. The molecule has 0 spiro atoms. The zero-order valence-corrected chi connectivity index (χ0v) is 10.9. The van der Waals surface area contributed by atoms with Gasteiger partial charge >= 0.3 is 0 Å². The highest BCUT2D eigenvalue weighted by molar-refractivity contribution is 5.79. The minimum atomic E-state index is -0.278. The first-order chi connectivity index (χ1) is 9.04. The van der Waals surface area contributed by atoms with Crippen molar-refractivity contribution in [2.75, 3.05) is 13.1 Å². The second-order valence-electron chi connectivity index (χ2n) is 4.91. The van der Waals surface area contributed by atoms with Gasteiger partial charge < -0.3 is 10.2 Å². The van der Waals surface area contributed by atoms with Crippen molar-refractivity contribution in [2.24, 2.45) is 5.92 Å². The molecule has 1 heterocycles. The lowest BCUT2D eigenvalue weighted by Crippen LogP contribution is -2.29. The average Bonchev–Trinajstić information content (AvgIpc) is 2.71. The van der Waals surface area contributed by atoms with Crippen molar-refractivity contribution >= 4 is 11.8 Å². The Labute approximate surface area is 111 Å². The number of hydrogen-bond donors (Lipinski definition) is 1. The monoisotopic (exact) mass is 264 g/mol. The van der Waals surface area contributed by atoms with Gasteiger partial charge in [-0.25, -0.2) is 4.39 Å². The SMILES string of the molecule is CC(=O)NCC1CC(=O)N(Cc2ccc(F)cc2)C1. The maximum Gasteiger partial charge on any atom is 0.223 e. The van der Waals surface area contributed by atoms with Crippen LogP contribution in [0.3, 0.4) is 0 Å². The summed E-state index contributed by atoms with van der Waals surface area (Å²) in [6.45, 7) is 3.13. The van der Waals surface area contributed by atoms with Gasteiger partial charge in [0.05, 0.1) is 0 Å². The number of nitrogens with one attached hydrogen (secondary N) is 1. The van der Waals surface area contributed by atoms with Crippen LogP contribution in [0.1, 0.15) is 18.9 Å². The van der Waals surface area contributed by atoms with Crippen LogP contribution in [0, 0.1) is 11.7 Å². The normalized spacial score (nSPS) is 18.7. The summed E-state index contributed by atoms with van der Waals surface area (Å²) in [5.41, 5.74) is 0.912. The van der Waals surface area contributed by atoms with Crippen molar-refractivity contribution < 1.29 is 14.0 Å². The van der Waals surface area contributed by atoms with Crippen molar-refractivity contribution in [3.8, 4) is 0 Å². The summed E-state index contributed by atoms with van der Waals surface area (Å²) in [6.07, 6.45) is 0.460. The molecule has 102 valence electrons. The molecule has 1 N–H and O–H groups in total. The van der Waals surface area contributed by atoms with E-state index in [0.29, 0.717) is 26.1 Å². The molecule has 1 aliphatic heterocycles. The summed E-state index contributed by atoms with van der Waals surface area (Å²) < 4.78 is 12.8. The van der Waals surface area contributed by atoms with E-state index in [0.717, 1.165) is 5.56 Å². The van der Waals surface area contributed by atoms with Gasteiger partial charge in [0.2, 0.25) is 11.8 Å². The molecular formula is C14H17FN2O2. The fourth-order valence-corrected chi connectivity index (χ4v) is 2.24. The molecule has 1 atom stereocenters. The van der Waals surface area contributed by atoms with E-state index in [1.54, 1.807) is 17.0 Å². The lowest BCUT2D eigenvalue weighted by molar-refractivity contribution is -0.128. The van der Waals surface area contributed by atoms with Crippen LogP contribution in [-0.4, -0.2) is 29.8 Å². The summed E-state index contributed by atoms with van der Waals surface area (Å²) in [7, 11) is 0. The van der Waals surface area contributed by atoms with E-state index in [1.165, 1.54) is 19.1 Å². The molecule has 0 aromatic heterocycles.